The van der Waals surface area contributed by atoms with Crippen molar-refractivity contribution in [3.05, 3.63) is 34.6 Å². The molecule has 27 heavy (non-hydrogen) atoms. The zero-order valence-electron chi connectivity index (χ0n) is 15.2. The molecular weight excluding hydrogens is 388 g/mol. The van der Waals surface area contributed by atoms with Gasteiger partial charge in [0.15, 0.2) is 0 Å². The molecular formula is C17H22N4O4S2. The molecule has 2 aromatic heterocycles. The Hall–Kier alpha value is -2.04. The molecule has 0 atom stereocenters. The van der Waals surface area contributed by atoms with Gasteiger partial charge in [-0.15, -0.1) is 11.3 Å². The van der Waals surface area contributed by atoms with Gasteiger partial charge < -0.3 is 4.90 Å². The number of nitrogens with zero attached hydrogens (tertiary/aromatic N) is 3. The molecule has 1 aliphatic rings. The van der Waals surface area contributed by atoms with Crippen molar-refractivity contribution in [2.75, 3.05) is 26.7 Å². The van der Waals surface area contributed by atoms with E-state index in [0.717, 1.165) is 28.5 Å². The molecule has 1 saturated heterocycles. The van der Waals surface area contributed by atoms with Crippen molar-refractivity contribution in [3.8, 4) is 10.6 Å². The number of likely N-dealkylation sites (tertiary alicyclic amines) is 1. The summed E-state index contributed by atoms with van der Waals surface area (Å²) < 4.78 is 26.8. The van der Waals surface area contributed by atoms with Crippen molar-refractivity contribution >= 4 is 27.3 Å². The molecule has 0 saturated carbocycles. The standard InChI is InChI=1S/C17H22N4O4S2/c1-12-7-9-21(10-8-12)16(23)11-20(2)27(24,25)17-6-4-14(26-17)13-3-5-15(22)19-18-13/h3-6,12H,7-11H2,1-2H3,(H,19,22). The second kappa shape index (κ2) is 7.91. The van der Waals surface area contributed by atoms with Gasteiger partial charge in [-0.05, 0) is 37.0 Å². The Morgan fingerprint density at radius 2 is 2.00 bits per heavy atom. The zero-order valence-corrected chi connectivity index (χ0v) is 16.8. The fourth-order valence-electron chi connectivity index (χ4n) is 2.87. The first-order chi connectivity index (χ1) is 12.8. The second-order valence-corrected chi connectivity index (χ2v) is 10.1. The SMILES string of the molecule is CC1CCN(C(=O)CN(C)S(=O)(=O)c2ccc(-c3ccc(=O)[nH]n3)s2)CC1. The minimum atomic E-state index is -3.77. The van der Waals surface area contributed by atoms with Gasteiger partial charge in [-0.1, -0.05) is 6.92 Å². The zero-order chi connectivity index (χ0) is 19.6. The number of aromatic amines is 1. The molecule has 0 radical (unpaired) electrons. The van der Waals surface area contributed by atoms with E-state index in [4.69, 9.17) is 0 Å². The summed E-state index contributed by atoms with van der Waals surface area (Å²) in [4.78, 5) is 25.9. The van der Waals surface area contributed by atoms with Crippen LogP contribution in [0.15, 0.2) is 33.3 Å². The van der Waals surface area contributed by atoms with Gasteiger partial charge in [-0.2, -0.15) is 9.40 Å². The maximum Gasteiger partial charge on any atom is 0.264 e. The molecule has 1 N–H and O–H groups in total. The van der Waals surface area contributed by atoms with Crippen molar-refractivity contribution < 1.29 is 13.2 Å². The van der Waals surface area contributed by atoms with Gasteiger partial charge in [0.1, 0.15) is 9.90 Å². The maximum absolute atomic E-state index is 12.8. The number of aromatic nitrogens is 2. The topological polar surface area (TPSA) is 103 Å². The van der Waals surface area contributed by atoms with Crippen molar-refractivity contribution in [3.63, 3.8) is 0 Å². The quantitative estimate of drug-likeness (QED) is 0.802. The molecule has 10 heteroatoms. The third kappa shape index (κ3) is 4.45. The molecule has 0 spiro atoms. The van der Waals surface area contributed by atoms with Crippen LogP contribution in [0.25, 0.3) is 10.6 Å². The van der Waals surface area contributed by atoms with Crippen molar-refractivity contribution in [2.24, 2.45) is 5.92 Å². The van der Waals surface area contributed by atoms with E-state index in [1.54, 1.807) is 11.0 Å². The first-order valence-corrected chi connectivity index (χ1v) is 10.9. The summed E-state index contributed by atoms with van der Waals surface area (Å²) in [6.07, 6.45) is 1.89. The number of hydrogen-bond donors (Lipinski definition) is 1. The van der Waals surface area contributed by atoms with Gasteiger partial charge in [0.25, 0.3) is 15.6 Å². The van der Waals surface area contributed by atoms with Crippen LogP contribution in [0.5, 0.6) is 0 Å². The molecule has 8 nitrogen and oxygen atoms in total. The summed E-state index contributed by atoms with van der Waals surface area (Å²) in [5, 5.41) is 6.23. The molecule has 146 valence electrons. The summed E-state index contributed by atoms with van der Waals surface area (Å²) in [5.74, 6) is 0.425. The van der Waals surface area contributed by atoms with Crippen LogP contribution in [0, 0.1) is 5.92 Å². The number of likely N-dealkylation sites (N-methyl/N-ethyl adjacent to an activating group) is 1. The highest BCUT2D eigenvalue weighted by Gasteiger charge is 2.28. The molecule has 0 unspecified atom stereocenters. The Morgan fingerprint density at radius 3 is 2.63 bits per heavy atom. The Labute approximate surface area is 161 Å². The normalized spacial score (nSPS) is 16.0. The molecule has 0 aliphatic carbocycles. The Bertz CT molecular complexity index is 954. The lowest BCUT2D eigenvalue weighted by molar-refractivity contribution is -0.132. The second-order valence-electron chi connectivity index (χ2n) is 6.75. The summed E-state index contributed by atoms with van der Waals surface area (Å²) in [7, 11) is -2.36. The van der Waals surface area contributed by atoms with E-state index in [9.17, 15) is 18.0 Å². The first kappa shape index (κ1) is 19.7. The lowest BCUT2D eigenvalue weighted by Gasteiger charge is -2.31. The van der Waals surface area contributed by atoms with E-state index < -0.39 is 10.0 Å². The number of sulfonamides is 1. The van der Waals surface area contributed by atoms with Crippen LogP contribution in [-0.2, 0) is 14.8 Å². The van der Waals surface area contributed by atoms with Crippen LogP contribution < -0.4 is 5.56 Å². The number of amides is 1. The number of piperidine rings is 1. The Morgan fingerprint density at radius 1 is 1.30 bits per heavy atom. The minimum Gasteiger partial charge on any atom is -0.342 e. The molecule has 1 amide bonds. The molecule has 3 rings (SSSR count). The van der Waals surface area contributed by atoms with E-state index >= 15 is 0 Å². The molecule has 0 aromatic carbocycles. The predicted molar refractivity (Wildman–Crippen MR) is 103 cm³/mol. The van der Waals surface area contributed by atoms with Crippen LogP contribution in [0.3, 0.4) is 0 Å². The number of rotatable bonds is 5. The van der Waals surface area contributed by atoms with Crippen LogP contribution in [0.4, 0.5) is 0 Å². The minimum absolute atomic E-state index is 0.132. The number of hydrogen-bond acceptors (Lipinski definition) is 6. The van der Waals surface area contributed by atoms with Crippen molar-refractivity contribution in [1.29, 1.82) is 0 Å². The average Bonchev–Trinajstić information content (AvgIpc) is 3.13. The van der Waals surface area contributed by atoms with Gasteiger partial charge in [-0.3, -0.25) is 9.59 Å². The summed E-state index contributed by atoms with van der Waals surface area (Å²) in [6.45, 7) is 3.33. The van der Waals surface area contributed by atoms with E-state index in [1.165, 1.54) is 25.2 Å². The predicted octanol–water partition coefficient (Wildman–Crippen LogP) is 1.38. The van der Waals surface area contributed by atoms with Crippen LogP contribution in [0.2, 0.25) is 0 Å². The fourth-order valence-corrected chi connectivity index (χ4v) is 5.47. The van der Waals surface area contributed by atoms with Gasteiger partial charge in [-0.25, -0.2) is 13.5 Å². The Kier molecular flexibility index (Phi) is 5.78. The van der Waals surface area contributed by atoms with Crippen LogP contribution in [0.1, 0.15) is 19.8 Å². The third-order valence-corrected chi connectivity index (χ3v) is 8.05. The van der Waals surface area contributed by atoms with Crippen LogP contribution >= 0.6 is 11.3 Å². The number of thiophene rings is 1. The van der Waals surface area contributed by atoms with Crippen molar-refractivity contribution in [1.82, 2.24) is 19.4 Å². The smallest absolute Gasteiger partial charge is 0.264 e. The number of carbonyl (C=O) groups is 1. The fraction of sp³-hybridized carbons (Fsp3) is 0.471. The molecule has 0 bridgehead atoms. The molecule has 2 aromatic rings. The average molecular weight is 411 g/mol. The van der Waals surface area contributed by atoms with E-state index in [2.05, 4.69) is 17.1 Å². The first-order valence-electron chi connectivity index (χ1n) is 8.67. The molecule has 1 fully saturated rings. The van der Waals surface area contributed by atoms with Gasteiger partial charge in [0, 0.05) is 26.2 Å². The van der Waals surface area contributed by atoms with Crippen LogP contribution in [-0.4, -0.2) is 60.4 Å². The third-order valence-electron chi connectivity index (χ3n) is 4.67. The van der Waals surface area contributed by atoms with E-state index in [0.29, 0.717) is 29.6 Å². The van der Waals surface area contributed by atoms with E-state index in [1.807, 2.05) is 0 Å². The monoisotopic (exact) mass is 410 g/mol. The maximum atomic E-state index is 12.8. The van der Waals surface area contributed by atoms with E-state index in [-0.39, 0.29) is 22.2 Å². The lowest BCUT2D eigenvalue weighted by Crippen LogP contribution is -2.44. The molecule has 1 aliphatic heterocycles. The van der Waals surface area contributed by atoms with Gasteiger partial charge >= 0.3 is 0 Å². The summed E-state index contributed by atoms with van der Waals surface area (Å²) >= 11 is 1.05. The highest BCUT2D eigenvalue weighted by Crippen LogP contribution is 2.30. The lowest BCUT2D eigenvalue weighted by atomic mass is 9.99. The highest BCUT2D eigenvalue weighted by molar-refractivity contribution is 7.91. The largest absolute Gasteiger partial charge is 0.342 e. The van der Waals surface area contributed by atoms with Gasteiger partial charge in [0.05, 0.1) is 11.4 Å². The number of H-pyrrole nitrogens is 1. The molecule has 3 heterocycles. The van der Waals surface area contributed by atoms with Crippen molar-refractivity contribution in [2.45, 2.75) is 24.0 Å². The number of carbonyl (C=O) groups excluding carboxylic acids is 1. The summed E-state index contributed by atoms with van der Waals surface area (Å²) in [5.41, 5.74) is 0.163. The van der Waals surface area contributed by atoms with Gasteiger partial charge in [0.2, 0.25) is 5.91 Å². The highest BCUT2D eigenvalue weighted by atomic mass is 32.2. The Balaban J connectivity index is 1.71. The summed E-state index contributed by atoms with van der Waals surface area (Å²) in [6, 6.07) is 6.00. The number of nitrogens with one attached hydrogen (secondary N) is 1.